The van der Waals surface area contributed by atoms with E-state index >= 15 is 0 Å². The molecule has 0 radical (unpaired) electrons. The molecule has 2 heteroatoms. The predicted octanol–water partition coefficient (Wildman–Crippen LogP) is 3.87. The highest BCUT2D eigenvalue weighted by atomic mass is 16.3. The maximum Gasteiger partial charge on any atom is 0.0853 e. The zero-order valence-corrected chi connectivity index (χ0v) is 13.1. The van der Waals surface area contributed by atoms with Gasteiger partial charge >= 0.3 is 0 Å². The Morgan fingerprint density at radius 3 is 2.32 bits per heavy atom. The third-order valence-electron chi connectivity index (χ3n) is 3.97. The van der Waals surface area contributed by atoms with Crippen molar-refractivity contribution in [2.75, 3.05) is 13.6 Å². The largest absolute Gasteiger partial charge is 0.388 e. The Balaban J connectivity index is 2.69. The fraction of sp³-hybridized carbons (Fsp3) is 0.647. The molecule has 0 spiro atoms. The molecule has 0 aromatic heterocycles. The lowest BCUT2D eigenvalue weighted by molar-refractivity contribution is 0.0175. The number of benzene rings is 1. The van der Waals surface area contributed by atoms with E-state index in [0.29, 0.717) is 6.04 Å². The average molecular weight is 263 g/mol. The summed E-state index contributed by atoms with van der Waals surface area (Å²) in [5, 5.41) is 10.6. The molecule has 2 atom stereocenters. The van der Waals surface area contributed by atoms with Gasteiger partial charge in [-0.1, -0.05) is 57.5 Å². The second-order valence-electron chi connectivity index (χ2n) is 6.35. The average Bonchev–Trinajstić information content (AvgIpc) is 2.38. The fourth-order valence-electron chi connectivity index (χ4n) is 2.61. The van der Waals surface area contributed by atoms with Crippen LogP contribution in [0.25, 0.3) is 0 Å². The number of hydrogen-bond acceptors (Lipinski definition) is 2. The normalized spacial score (nSPS) is 15.5. The van der Waals surface area contributed by atoms with Crippen molar-refractivity contribution in [2.45, 2.75) is 52.7 Å². The summed E-state index contributed by atoms with van der Waals surface area (Å²) in [6.45, 7) is 9.65. The summed E-state index contributed by atoms with van der Waals surface area (Å²) in [5.74, 6) is 0. The second-order valence-corrected chi connectivity index (χ2v) is 6.35. The summed E-state index contributed by atoms with van der Waals surface area (Å²) in [5.41, 5.74) is 0.849. The van der Waals surface area contributed by atoms with Crippen molar-refractivity contribution in [3.8, 4) is 0 Å². The molecule has 0 bridgehead atoms. The summed E-state index contributed by atoms with van der Waals surface area (Å²) in [6, 6.07) is 10.5. The Kier molecular flexibility index (Phi) is 6.02. The van der Waals surface area contributed by atoms with Crippen molar-refractivity contribution in [1.29, 1.82) is 0 Å². The summed E-state index contributed by atoms with van der Waals surface area (Å²) >= 11 is 0. The van der Waals surface area contributed by atoms with E-state index in [4.69, 9.17) is 0 Å². The first kappa shape index (κ1) is 16.2. The van der Waals surface area contributed by atoms with Crippen molar-refractivity contribution in [1.82, 2.24) is 4.90 Å². The molecule has 1 rings (SSSR count). The Morgan fingerprint density at radius 1 is 1.21 bits per heavy atom. The van der Waals surface area contributed by atoms with Crippen molar-refractivity contribution in [3.05, 3.63) is 35.9 Å². The monoisotopic (exact) mass is 263 g/mol. The summed E-state index contributed by atoms with van der Waals surface area (Å²) < 4.78 is 0. The van der Waals surface area contributed by atoms with E-state index in [2.05, 4.69) is 39.6 Å². The van der Waals surface area contributed by atoms with Crippen LogP contribution in [0.1, 0.15) is 52.2 Å². The van der Waals surface area contributed by atoms with Gasteiger partial charge in [-0.25, -0.2) is 0 Å². The molecule has 0 aliphatic carbocycles. The number of nitrogens with zero attached hydrogens (tertiary/aromatic N) is 1. The van der Waals surface area contributed by atoms with E-state index in [-0.39, 0.29) is 5.41 Å². The van der Waals surface area contributed by atoms with E-state index in [9.17, 15) is 5.11 Å². The number of aliphatic hydroxyl groups excluding tert-OH is 1. The Morgan fingerprint density at radius 2 is 1.79 bits per heavy atom. The van der Waals surface area contributed by atoms with E-state index in [0.717, 1.165) is 12.1 Å². The lowest BCUT2D eigenvalue weighted by Gasteiger charge is -2.37. The molecule has 2 unspecified atom stereocenters. The highest BCUT2D eigenvalue weighted by molar-refractivity contribution is 5.19. The molecule has 108 valence electrons. The molecule has 0 fully saturated rings. The van der Waals surface area contributed by atoms with Crippen LogP contribution in [0.15, 0.2) is 30.3 Å². The third-order valence-corrected chi connectivity index (χ3v) is 3.97. The molecule has 0 aliphatic heterocycles. The number of aliphatic hydroxyl groups is 1. The van der Waals surface area contributed by atoms with Crippen LogP contribution in [0.2, 0.25) is 0 Å². The van der Waals surface area contributed by atoms with Gasteiger partial charge < -0.3 is 10.0 Å². The predicted molar refractivity (Wildman–Crippen MR) is 82.2 cm³/mol. The van der Waals surface area contributed by atoms with Gasteiger partial charge in [0, 0.05) is 18.0 Å². The zero-order chi connectivity index (χ0) is 14.5. The van der Waals surface area contributed by atoms with Crippen LogP contribution >= 0.6 is 0 Å². The smallest absolute Gasteiger partial charge is 0.0853 e. The highest BCUT2D eigenvalue weighted by Gasteiger charge is 2.31. The van der Waals surface area contributed by atoms with Crippen molar-refractivity contribution in [2.24, 2.45) is 5.41 Å². The standard InChI is InChI=1S/C17H29NO/c1-6-10-14(2)18(5)13-17(3,4)16(19)15-11-8-7-9-12-15/h7-9,11-12,14,16,19H,6,10,13H2,1-5H3. The first-order chi connectivity index (χ1) is 8.88. The van der Waals surface area contributed by atoms with E-state index < -0.39 is 6.10 Å². The van der Waals surface area contributed by atoms with Gasteiger partial charge in [-0.05, 0) is 26.0 Å². The third kappa shape index (κ3) is 4.63. The molecular formula is C17H29NO. The first-order valence-corrected chi connectivity index (χ1v) is 7.31. The number of hydrogen-bond donors (Lipinski definition) is 1. The molecular weight excluding hydrogens is 234 g/mol. The van der Waals surface area contributed by atoms with Gasteiger partial charge in [-0.3, -0.25) is 0 Å². The lowest BCUT2D eigenvalue weighted by atomic mass is 9.82. The summed E-state index contributed by atoms with van der Waals surface area (Å²) in [4.78, 5) is 2.36. The van der Waals surface area contributed by atoms with Gasteiger partial charge in [0.25, 0.3) is 0 Å². The minimum atomic E-state index is -0.426. The molecule has 0 heterocycles. The van der Waals surface area contributed by atoms with Crippen LogP contribution in [0.5, 0.6) is 0 Å². The van der Waals surface area contributed by atoms with Gasteiger partial charge in [0.15, 0.2) is 0 Å². The zero-order valence-electron chi connectivity index (χ0n) is 13.1. The van der Waals surface area contributed by atoms with Gasteiger partial charge in [0.1, 0.15) is 0 Å². The minimum absolute atomic E-state index is 0.155. The topological polar surface area (TPSA) is 23.5 Å². The first-order valence-electron chi connectivity index (χ1n) is 7.31. The maximum atomic E-state index is 10.6. The lowest BCUT2D eigenvalue weighted by Crippen LogP contribution is -2.40. The molecule has 0 aliphatic rings. The van der Waals surface area contributed by atoms with Crippen LogP contribution in [-0.2, 0) is 0 Å². The van der Waals surface area contributed by atoms with Crippen LogP contribution in [0.4, 0.5) is 0 Å². The molecule has 0 amide bonds. The molecule has 19 heavy (non-hydrogen) atoms. The molecule has 1 N–H and O–H groups in total. The van der Waals surface area contributed by atoms with Crippen LogP contribution in [-0.4, -0.2) is 29.6 Å². The Labute approximate surface area is 118 Å². The van der Waals surface area contributed by atoms with Crippen LogP contribution in [0, 0.1) is 5.41 Å². The van der Waals surface area contributed by atoms with Crippen molar-refractivity contribution in [3.63, 3.8) is 0 Å². The maximum absolute atomic E-state index is 10.6. The van der Waals surface area contributed by atoms with E-state index in [1.807, 2.05) is 30.3 Å². The van der Waals surface area contributed by atoms with Crippen LogP contribution in [0.3, 0.4) is 0 Å². The van der Waals surface area contributed by atoms with Gasteiger partial charge in [0.05, 0.1) is 6.10 Å². The second kappa shape index (κ2) is 7.06. The number of rotatable bonds is 7. The minimum Gasteiger partial charge on any atom is -0.388 e. The Hall–Kier alpha value is -0.860. The molecule has 2 nitrogen and oxygen atoms in total. The van der Waals surface area contributed by atoms with Gasteiger partial charge in [-0.2, -0.15) is 0 Å². The molecule has 0 saturated heterocycles. The van der Waals surface area contributed by atoms with Gasteiger partial charge in [0.2, 0.25) is 0 Å². The van der Waals surface area contributed by atoms with E-state index in [1.165, 1.54) is 12.8 Å². The fourth-order valence-corrected chi connectivity index (χ4v) is 2.61. The summed E-state index contributed by atoms with van der Waals surface area (Å²) in [7, 11) is 2.15. The van der Waals surface area contributed by atoms with Crippen molar-refractivity contribution < 1.29 is 5.11 Å². The summed E-state index contributed by atoms with van der Waals surface area (Å²) in [6.07, 6.45) is 1.98. The molecule has 0 saturated carbocycles. The van der Waals surface area contributed by atoms with Crippen LogP contribution < -0.4 is 0 Å². The van der Waals surface area contributed by atoms with Gasteiger partial charge in [-0.15, -0.1) is 0 Å². The quantitative estimate of drug-likeness (QED) is 0.807. The molecule has 1 aromatic rings. The van der Waals surface area contributed by atoms with E-state index in [1.54, 1.807) is 0 Å². The highest BCUT2D eigenvalue weighted by Crippen LogP contribution is 2.34. The Bertz CT molecular complexity index is 361. The molecule has 1 aromatic carbocycles. The SMILES string of the molecule is CCCC(C)N(C)CC(C)(C)C(O)c1ccccc1. The van der Waals surface area contributed by atoms with Crippen molar-refractivity contribution >= 4 is 0 Å².